The van der Waals surface area contributed by atoms with Gasteiger partial charge < -0.3 is 10.6 Å². The van der Waals surface area contributed by atoms with Gasteiger partial charge in [0.05, 0.1) is 10.5 Å². The predicted octanol–water partition coefficient (Wildman–Crippen LogP) is 3.02. The first-order valence-corrected chi connectivity index (χ1v) is 12.5. The van der Waals surface area contributed by atoms with Gasteiger partial charge in [-0.15, -0.1) is 11.3 Å². The number of nitrogens with one attached hydrogen (secondary N) is 2. The molecule has 2 N–H and O–H groups in total. The average Bonchev–Trinajstić information content (AvgIpc) is 3.41. The van der Waals surface area contributed by atoms with E-state index in [-0.39, 0.29) is 16.7 Å². The second-order valence-electron chi connectivity index (χ2n) is 7.58. The Morgan fingerprint density at radius 3 is 2.30 bits per heavy atom. The Labute approximate surface area is 180 Å². The van der Waals surface area contributed by atoms with Crippen molar-refractivity contribution in [3.05, 3.63) is 45.8 Å². The van der Waals surface area contributed by atoms with Gasteiger partial charge in [-0.2, -0.15) is 4.31 Å². The molecule has 0 unspecified atom stereocenters. The van der Waals surface area contributed by atoms with E-state index in [9.17, 15) is 18.0 Å². The fourth-order valence-electron chi connectivity index (χ4n) is 4.05. The van der Waals surface area contributed by atoms with Crippen molar-refractivity contribution in [1.29, 1.82) is 0 Å². The van der Waals surface area contributed by atoms with Gasteiger partial charge in [-0.3, -0.25) is 9.59 Å². The van der Waals surface area contributed by atoms with E-state index < -0.39 is 10.0 Å². The Kier molecular flexibility index (Phi) is 5.95. The molecule has 2 heterocycles. The van der Waals surface area contributed by atoms with E-state index in [0.29, 0.717) is 29.2 Å². The summed E-state index contributed by atoms with van der Waals surface area (Å²) in [5, 5.41) is 6.09. The van der Waals surface area contributed by atoms with Crippen LogP contribution in [0.1, 0.15) is 56.8 Å². The largest absolute Gasteiger partial charge is 0.355 e. The number of rotatable bonds is 5. The van der Waals surface area contributed by atoms with Gasteiger partial charge in [-0.05, 0) is 68.4 Å². The van der Waals surface area contributed by atoms with E-state index in [1.165, 1.54) is 39.9 Å². The summed E-state index contributed by atoms with van der Waals surface area (Å²) < 4.78 is 26.8. The van der Waals surface area contributed by atoms with E-state index in [1.807, 2.05) is 0 Å². The van der Waals surface area contributed by atoms with Crippen LogP contribution in [0.3, 0.4) is 0 Å². The van der Waals surface area contributed by atoms with E-state index in [0.717, 1.165) is 49.0 Å². The highest BCUT2D eigenvalue weighted by Gasteiger charge is 2.28. The second-order valence-corrected chi connectivity index (χ2v) is 10.6. The summed E-state index contributed by atoms with van der Waals surface area (Å²) in [5.41, 5.74) is 1.94. The van der Waals surface area contributed by atoms with Crippen molar-refractivity contribution in [1.82, 2.24) is 9.62 Å². The van der Waals surface area contributed by atoms with Crippen LogP contribution in [-0.2, 0) is 22.9 Å². The zero-order valence-corrected chi connectivity index (χ0v) is 18.5. The maximum absolute atomic E-state index is 12.8. The highest BCUT2D eigenvalue weighted by atomic mass is 32.2. The Bertz CT molecular complexity index is 1070. The lowest BCUT2D eigenvalue weighted by atomic mass is 9.95. The number of sulfonamides is 1. The van der Waals surface area contributed by atoms with Crippen LogP contribution in [0, 0.1) is 0 Å². The van der Waals surface area contributed by atoms with E-state index in [4.69, 9.17) is 0 Å². The summed E-state index contributed by atoms with van der Waals surface area (Å²) >= 11 is 1.46. The topological polar surface area (TPSA) is 95.6 Å². The molecule has 0 atom stereocenters. The molecule has 1 saturated heterocycles. The van der Waals surface area contributed by atoms with Crippen molar-refractivity contribution in [3.8, 4) is 0 Å². The van der Waals surface area contributed by atoms with Gasteiger partial charge in [-0.1, -0.05) is 0 Å². The van der Waals surface area contributed by atoms with Gasteiger partial charge >= 0.3 is 0 Å². The van der Waals surface area contributed by atoms with Crippen molar-refractivity contribution in [2.45, 2.75) is 43.4 Å². The summed E-state index contributed by atoms with van der Waals surface area (Å²) in [7, 11) is -1.93. The third-order valence-corrected chi connectivity index (χ3v) is 8.79. The van der Waals surface area contributed by atoms with Gasteiger partial charge in [0.25, 0.3) is 11.8 Å². The second kappa shape index (κ2) is 8.49. The molecule has 0 saturated carbocycles. The highest BCUT2D eigenvalue weighted by molar-refractivity contribution is 7.89. The number of carbonyl (C=O) groups is 2. The van der Waals surface area contributed by atoms with Crippen LogP contribution in [0.15, 0.2) is 29.2 Å². The first-order valence-electron chi connectivity index (χ1n) is 10.2. The molecular weight excluding hydrogens is 422 g/mol. The summed E-state index contributed by atoms with van der Waals surface area (Å²) in [6, 6.07) is 5.99. The summed E-state index contributed by atoms with van der Waals surface area (Å²) in [4.78, 5) is 26.6. The quantitative estimate of drug-likeness (QED) is 0.736. The minimum Gasteiger partial charge on any atom is -0.355 e. The first kappa shape index (κ1) is 21.0. The van der Waals surface area contributed by atoms with Crippen molar-refractivity contribution in [3.63, 3.8) is 0 Å². The van der Waals surface area contributed by atoms with Crippen molar-refractivity contribution >= 4 is 38.2 Å². The summed E-state index contributed by atoms with van der Waals surface area (Å²) in [6.07, 6.45) is 5.63. The van der Waals surface area contributed by atoms with Gasteiger partial charge in [-0.25, -0.2) is 8.42 Å². The third-order valence-electron chi connectivity index (χ3n) is 5.67. The predicted molar refractivity (Wildman–Crippen MR) is 117 cm³/mol. The molecule has 1 aliphatic heterocycles. The molecule has 2 aliphatic rings. The summed E-state index contributed by atoms with van der Waals surface area (Å²) in [5.74, 6) is -0.555. The molecule has 0 bridgehead atoms. The van der Waals surface area contributed by atoms with Crippen molar-refractivity contribution in [2.24, 2.45) is 0 Å². The lowest BCUT2D eigenvalue weighted by Crippen LogP contribution is -2.27. The maximum Gasteiger partial charge on any atom is 0.256 e. The number of hydrogen-bond acceptors (Lipinski definition) is 5. The molecule has 0 spiro atoms. The first-order chi connectivity index (χ1) is 14.4. The van der Waals surface area contributed by atoms with Crippen LogP contribution in [0.5, 0.6) is 0 Å². The average molecular weight is 448 g/mol. The van der Waals surface area contributed by atoms with E-state index in [1.54, 1.807) is 7.05 Å². The molecule has 0 radical (unpaired) electrons. The minimum atomic E-state index is -3.51. The number of hydrogen-bond donors (Lipinski definition) is 2. The van der Waals surface area contributed by atoms with Crippen molar-refractivity contribution < 1.29 is 18.0 Å². The number of thiophene rings is 1. The Balaban J connectivity index is 1.56. The van der Waals surface area contributed by atoms with Crippen LogP contribution in [0.25, 0.3) is 0 Å². The van der Waals surface area contributed by atoms with Crippen LogP contribution in [0.4, 0.5) is 5.00 Å². The molecular formula is C21H25N3O4S2. The zero-order chi connectivity index (χ0) is 21.3. The van der Waals surface area contributed by atoms with Gasteiger partial charge in [0.1, 0.15) is 5.00 Å². The molecule has 2 aromatic rings. The van der Waals surface area contributed by atoms with Crippen molar-refractivity contribution in [2.75, 3.05) is 25.5 Å². The minimum absolute atomic E-state index is 0.193. The zero-order valence-electron chi connectivity index (χ0n) is 16.9. The summed E-state index contributed by atoms with van der Waals surface area (Å²) in [6.45, 7) is 1.08. The molecule has 4 rings (SSSR count). The highest BCUT2D eigenvalue weighted by Crippen LogP contribution is 2.38. The molecule has 2 amide bonds. The van der Waals surface area contributed by atoms with Crippen LogP contribution < -0.4 is 10.6 Å². The van der Waals surface area contributed by atoms with E-state index in [2.05, 4.69) is 10.6 Å². The number of fused-ring (bicyclic) bond motifs is 1. The lowest BCUT2D eigenvalue weighted by molar-refractivity contribution is 0.0963. The number of anilines is 1. The smallest absolute Gasteiger partial charge is 0.256 e. The number of amides is 2. The molecule has 1 aromatic heterocycles. The monoisotopic (exact) mass is 447 g/mol. The fraction of sp³-hybridized carbons (Fsp3) is 0.429. The molecule has 9 heteroatoms. The van der Waals surface area contributed by atoms with Gasteiger partial charge in [0.2, 0.25) is 10.0 Å². The fourth-order valence-corrected chi connectivity index (χ4v) is 6.85. The maximum atomic E-state index is 12.8. The molecule has 1 fully saturated rings. The van der Waals surface area contributed by atoms with Gasteiger partial charge in [0, 0.05) is 30.6 Å². The van der Waals surface area contributed by atoms with Gasteiger partial charge in [0.15, 0.2) is 0 Å². The standard InChI is InChI=1S/C21H25N3O4S2/c1-22-20(26)18-16-6-2-3-7-17(16)29-21(18)23-19(25)14-8-10-15(11-9-14)30(27,28)24-12-4-5-13-24/h8-11H,2-7,12-13H2,1H3,(H,22,26)(H,23,25). The third kappa shape index (κ3) is 3.89. The Hall–Kier alpha value is -2.23. The molecule has 30 heavy (non-hydrogen) atoms. The molecule has 160 valence electrons. The van der Waals surface area contributed by atoms with Crippen LogP contribution >= 0.6 is 11.3 Å². The molecule has 7 nitrogen and oxygen atoms in total. The normalized spacial score (nSPS) is 16.8. The van der Waals surface area contributed by atoms with Crippen LogP contribution in [-0.4, -0.2) is 44.7 Å². The van der Waals surface area contributed by atoms with Crippen LogP contribution in [0.2, 0.25) is 0 Å². The number of nitrogens with zero attached hydrogens (tertiary/aromatic N) is 1. The lowest BCUT2D eigenvalue weighted by Gasteiger charge is -2.15. The number of aryl methyl sites for hydroxylation is 1. The van der Waals surface area contributed by atoms with E-state index >= 15 is 0 Å². The molecule has 1 aliphatic carbocycles. The SMILES string of the molecule is CNC(=O)c1c(NC(=O)c2ccc(S(=O)(=O)N3CCCC3)cc2)sc2c1CCCC2. The number of benzene rings is 1. The Morgan fingerprint density at radius 1 is 0.967 bits per heavy atom. The Morgan fingerprint density at radius 2 is 1.63 bits per heavy atom. The number of carbonyl (C=O) groups excluding carboxylic acids is 2. The molecule has 1 aromatic carbocycles.